The van der Waals surface area contributed by atoms with E-state index in [-0.39, 0.29) is 5.91 Å². The first-order valence-corrected chi connectivity index (χ1v) is 10.5. The molecule has 3 nitrogen and oxygen atoms in total. The molecule has 1 N–H and O–H groups in total. The van der Waals surface area contributed by atoms with Gasteiger partial charge in [-0.1, -0.05) is 24.6 Å². The zero-order chi connectivity index (χ0) is 17.8. The Balaban J connectivity index is 1.22. The molecular formula is C22H25NO2S. The van der Waals surface area contributed by atoms with Crippen molar-refractivity contribution in [1.82, 2.24) is 5.32 Å². The fourth-order valence-electron chi connectivity index (χ4n) is 4.21. The van der Waals surface area contributed by atoms with Crippen molar-refractivity contribution in [2.45, 2.75) is 36.6 Å². The van der Waals surface area contributed by atoms with E-state index in [1.54, 1.807) is 11.8 Å². The number of thioether (sulfide) groups is 1. The van der Waals surface area contributed by atoms with Crippen LogP contribution >= 0.6 is 11.8 Å². The summed E-state index contributed by atoms with van der Waals surface area (Å²) < 4.78 is 5.78. The minimum Gasteiger partial charge on any atom is -0.493 e. The first-order valence-electron chi connectivity index (χ1n) is 9.49. The summed E-state index contributed by atoms with van der Waals surface area (Å²) in [6.07, 6.45) is 5.10. The van der Waals surface area contributed by atoms with Crippen LogP contribution in [0.1, 0.15) is 36.0 Å². The van der Waals surface area contributed by atoms with Gasteiger partial charge in [-0.15, -0.1) is 11.8 Å². The summed E-state index contributed by atoms with van der Waals surface area (Å²) in [6, 6.07) is 18.2. The van der Waals surface area contributed by atoms with Crippen molar-refractivity contribution in [2.24, 2.45) is 11.8 Å². The molecule has 0 aliphatic heterocycles. The summed E-state index contributed by atoms with van der Waals surface area (Å²) in [5.41, 5.74) is 0.721. The molecule has 4 rings (SSSR count). The maximum Gasteiger partial charge on any atom is 0.251 e. The Morgan fingerprint density at radius 3 is 2.54 bits per heavy atom. The lowest BCUT2D eigenvalue weighted by Gasteiger charge is -2.22. The zero-order valence-electron chi connectivity index (χ0n) is 14.9. The summed E-state index contributed by atoms with van der Waals surface area (Å²) in [7, 11) is 0. The zero-order valence-corrected chi connectivity index (χ0v) is 15.7. The van der Waals surface area contributed by atoms with E-state index in [1.807, 2.05) is 42.5 Å². The van der Waals surface area contributed by atoms with E-state index in [0.29, 0.717) is 18.6 Å². The molecular weight excluding hydrogens is 342 g/mol. The quantitative estimate of drug-likeness (QED) is 0.565. The van der Waals surface area contributed by atoms with E-state index < -0.39 is 0 Å². The predicted octanol–water partition coefficient (Wildman–Crippen LogP) is 4.78. The molecule has 2 bridgehead atoms. The molecule has 2 fully saturated rings. The van der Waals surface area contributed by atoms with Crippen molar-refractivity contribution < 1.29 is 9.53 Å². The van der Waals surface area contributed by atoms with Gasteiger partial charge in [-0.25, -0.2) is 0 Å². The fourth-order valence-corrected chi connectivity index (χ4v) is 4.96. The first-order chi connectivity index (χ1) is 12.8. The van der Waals surface area contributed by atoms with E-state index in [2.05, 4.69) is 17.4 Å². The van der Waals surface area contributed by atoms with Crippen molar-refractivity contribution >= 4 is 17.7 Å². The predicted molar refractivity (Wildman–Crippen MR) is 106 cm³/mol. The number of hydrogen-bond donors (Lipinski definition) is 1. The maximum atomic E-state index is 12.5. The second-order valence-corrected chi connectivity index (χ2v) is 8.46. The number of hydrogen-bond acceptors (Lipinski definition) is 3. The highest BCUT2D eigenvalue weighted by Crippen LogP contribution is 2.44. The van der Waals surface area contributed by atoms with Crippen LogP contribution in [0.4, 0.5) is 0 Å². The third kappa shape index (κ3) is 4.24. The average Bonchev–Trinajstić information content (AvgIpc) is 3.30. The average molecular weight is 368 g/mol. The Hall–Kier alpha value is -1.94. The Morgan fingerprint density at radius 1 is 1.04 bits per heavy atom. The van der Waals surface area contributed by atoms with Crippen LogP contribution in [-0.2, 0) is 0 Å². The van der Waals surface area contributed by atoms with Crippen molar-refractivity contribution in [3.8, 4) is 5.75 Å². The van der Waals surface area contributed by atoms with Gasteiger partial charge in [0.2, 0.25) is 0 Å². The van der Waals surface area contributed by atoms with Crippen LogP contribution in [-0.4, -0.2) is 24.3 Å². The highest BCUT2D eigenvalue weighted by Gasteiger charge is 2.40. The first kappa shape index (κ1) is 17.5. The number of rotatable bonds is 7. The van der Waals surface area contributed by atoms with Gasteiger partial charge in [0.1, 0.15) is 5.75 Å². The van der Waals surface area contributed by atoms with Gasteiger partial charge in [-0.2, -0.15) is 0 Å². The van der Waals surface area contributed by atoms with Crippen LogP contribution in [0.3, 0.4) is 0 Å². The maximum absolute atomic E-state index is 12.5. The molecule has 1 amide bonds. The number of fused-ring (bicyclic) bond motifs is 2. The third-order valence-corrected chi connectivity index (χ3v) is 6.51. The smallest absolute Gasteiger partial charge is 0.251 e. The van der Waals surface area contributed by atoms with Crippen LogP contribution in [0.25, 0.3) is 0 Å². The minimum absolute atomic E-state index is 0.0498. The number of carbonyl (C=O) groups excluding carboxylic acids is 1. The molecule has 2 aliphatic rings. The van der Waals surface area contributed by atoms with Crippen molar-refractivity contribution in [1.29, 1.82) is 0 Å². The molecule has 0 unspecified atom stereocenters. The molecule has 136 valence electrons. The van der Waals surface area contributed by atoms with Crippen LogP contribution in [0.2, 0.25) is 0 Å². The number of benzene rings is 2. The van der Waals surface area contributed by atoms with Crippen molar-refractivity contribution in [2.75, 3.05) is 12.4 Å². The molecule has 0 radical (unpaired) electrons. The van der Waals surface area contributed by atoms with Crippen molar-refractivity contribution in [3.63, 3.8) is 0 Å². The van der Waals surface area contributed by atoms with Gasteiger partial charge < -0.3 is 10.1 Å². The Labute approximate surface area is 159 Å². The van der Waals surface area contributed by atoms with Crippen LogP contribution in [0.15, 0.2) is 59.5 Å². The van der Waals surface area contributed by atoms with E-state index >= 15 is 0 Å². The standard InChI is InChI=1S/C22H25NO2S/c24-22(23-21-15-16-6-7-18(21)14-16)17-8-10-19(11-9-17)25-12-13-26-20-4-2-1-3-5-20/h1-5,8-11,16,18,21H,6-7,12-15H2,(H,23,24)/t16-,18+,21-/m0/s1. The van der Waals surface area contributed by atoms with Crippen LogP contribution in [0.5, 0.6) is 5.75 Å². The molecule has 2 saturated carbocycles. The summed E-state index contributed by atoms with van der Waals surface area (Å²) >= 11 is 1.78. The van der Waals surface area contributed by atoms with Crippen LogP contribution < -0.4 is 10.1 Å². The summed E-state index contributed by atoms with van der Waals surface area (Å²) in [5.74, 6) is 3.31. The number of ether oxygens (including phenoxy) is 1. The molecule has 2 aromatic rings. The molecule has 2 aromatic carbocycles. The number of carbonyl (C=O) groups is 1. The normalized spacial score (nSPS) is 23.8. The van der Waals surface area contributed by atoms with Gasteiger partial charge in [0.05, 0.1) is 6.61 Å². The lowest BCUT2D eigenvalue weighted by atomic mass is 9.95. The monoisotopic (exact) mass is 367 g/mol. The van der Waals surface area contributed by atoms with E-state index in [1.165, 1.54) is 24.2 Å². The second kappa shape index (κ2) is 8.17. The third-order valence-electron chi connectivity index (χ3n) is 5.54. The van der Waals surface area contributed by atoms with E-state index in [0.717, 1.165) is 29.4 Å². The number of nitrogens with one attached hydrogen (secondary N) is 1. The second-order valence-electron chi connectivity index (χ2n) is 7.29. The van der Waals surface area contributed by atoms with Gasteiger partial charge in [0.15, 0.2) is 0 Å². The van der Waals surface area contributed by atoms with Gasteiger partial charge in [0, 0.05) is 22.3 Å². The van der Waals surface area contributed by atoms with Gasteiger partial charge in [-0.3, -0.25) is 4.79 Å². The van der Waals surface area contributed by atoms with Gasteiger partial charge in [-0.05, 0) is 67.5 Å². The van der Waals surface area contributed by atoms with E-state index in [9.17, 15) is 4.79 Å². The Morgan fingerprint density at radius 2 is 1.85 bits per heavy atom. The topological polar surface area (TPSA) is 38.3 Å². The molecule has 3 atom stereocenters. The minimum atomic E-state index is 0.0498. The molecule has 0 aromatic heterocycles. The molecule has 2 aliphatic carbocycles. The van der Waals surface area contributed by atoms with Gasteiger partial charge in [0.25, 0.3) is 5.91 Å². The Kier molecular flexibility index (Phi) is 5.49. The van der Waals surface area contributed by atoms with Crippen LogP contribution in [0, 0.1) is 11.8 Å². The largest absolute Gasteiger partial charge is 0.493 e. The molecule has 0 heterocycles. The molecule has 0 spiro atoms. The highest BCUT2D eigenvalue weighted by molar-refractivity contribution is 7.99. The molecule has 26 heavy (non-hydrogen) atoms. The molecule has 0 saturated heterocycles. The molecule has 4 heteroatoms. The van der Waals surface area contributed by atoms with Gasteiger partial charge >= 0.3 is 0 Å². The SMILES string of the molecule is O=C(N[C@H]1C[C@H]2CC[C@@H]1C2)c1ccc(OCCSc2ccccc2)cc1. The fraction of sp³-hybridized carbons (Fsp3) is 0.409. The lowest BCUT2D eigenvalue weighted by Crippen LogP contribution is -2.38. The summed E-state index contributed by atoms with van der Waals surface area (Å²) in [6.45, 7) is 0.649. The number of amides is 1. The lowest BCUT2D eigenvalue weighted by molar-refractivity contribution is 0.0923. The van der Waals surface area contributed by atoms with Crippen molar-refractivity contribution in [3.05, 3.63) is 60.2 Å². The summed E-state index contributed by atoms with van der Waals surface area (Å²) in [5, 5.41) is 3.23. The summed E-state index contributed by atoms with van der Waals surface area (Å²) in [4.78, 5) is 13.7. The Bertz CT molecular complexity index is 732. The van der Waals surface area contributed by atoms with E-state index in [4.69, 9.17) is 4.74 Å². The highest BCUT2D eigenvalue weighted by atomic mass is 32.2.